The van der Waals surface area contributed by atoms with Crippen LogP contribution in [0.2, 0.25) is 0 Å². The van der Waals surface area contributed by atoms with Crippen molar-refractivity contribution in [3.8, 4) is 0 Å². The highest BCUT2D eigenvalue weighted by atomic mass is 14.7. The molecule has 1 unspecified atom stereocenters. The summed E-state index contributed by atoms with van der Waals surface area (Å²) < 4.78 is 0. The highest BCUT2D eigenvalue weighted by Gasteiger charge is 2.24. The van der Waals surface area contributed by atoms with Crippen LogP contribution in [-0.2, 0) is 12.8 Å². The minimum absolute atomic E-state index is 0.178. The second-order valence-corrected chi connectivity index (χ2v) is 5.16. The molecule has 2 nitrogen and oxygen atoms in total. The Morgan fingerprint density at radius 3 is 2.44 bits per heavy atom. The molecule has 0 spiro atoms. The maximum atomic E-state index is 6.22. The third-order valence-electron chi connectivity index (χ3n) is 3.64. The van der Waals surface area contributed by atoms with Crippen molar-refractivity contribution in [2.24, 2.45) is 11.1 Å². The minimum atomic E-state index is 0.178. The zero-order valence-electron chi connectivity index (χ0n) is 11.0. The monoisotopic (exact) mass is 220 g/mol. The van der Waals surface area contributed by atoms with Gasteiger partial charge in [-0.25, -0.2) is 0 Å². The molecule has 2 N–H and O–H groups in total. The van der Waals surface area contributed by atoms with Crippen LogP contribution in [-0.4, -0.2) is 11.0 Å². The normalized spacial score (nSPS) is 13.8. The van der Waals surface area contributed by atoms with Crippen LogP contribution in [0.1, 0.15) is 45.4 Å². The summed E-state index contributed by atoms with van der Waals surface area (Å²) in [6, 6.07) is 4.43. The van der Waals surface area contributed by atoms with Crippen molar-refractivity contribution < 1.29 is 0 Å². The lowest BCUT2D eigenvalue weighted by Gasteiger charge is -2.30. The summed E-state index contributed by atoms with van der Waals surface area (Å²) in [6.45, 7) is 8.77. The molecule has 0 saturated heterocycles. The number of pyridine rings is 1. The molecule has 0 amide bonds. The van der Waals surface area contributed by atoms with Crippen molar-refractivity contribution in [1.82, 2.24) is 4.98 Å². The summed E-state index contributed by atoms with van der Waals surface area (Å²) in [5, 5.41) is 0. The molecule has 90 valence electrons. The van der Waals surface area contributed by atoms with E-state index in [0.717, 1.165) is 25.0 Å². The molecular weight excluding hydrogens is 196 g/mol. The molecule has 0 saturated carbocycles. The van der Waals surface area contributed by atoms with Gasteiger partial charge in [0.15, 0.2) is 0 Å². The number of nitrogens with two attached hydrogens (primary N) is 1. The van der Waals surface area contributed by atoms with E-state index in [9.17, 15) is 0 Å². The number of aromatic nitrogens is 1. The van der Waals surface area contributed by atoms with Crippen molar-refractivity contribution in [2.75, 3.05) is 0 Å². The Bertz CT molecular complexity index is 314. The van der Waals surface area contributed by atoms with Gasteiger partial charge in [-0.15, -0.1) is 0 Å². The fourth-order valence-corrected chi connectivity index (χ4v) is 1.55. The molecule has 0 aliphatic heterocycles. The molecule has 2 heteroatoms. The van der Waals surface area contributed by atoms with Gasteiger partial charge in [-0.3, -0.25) is 4.98 Å². The molecule has 1 aromatic rings. The average molecular weight is 220 g/mol. The Kier molecular flexibility index (Phi) is 4.48. The molecule has 1 heterocycles. The molecule has 0 bridgehead atoms. The van der Waals surface area contributed by atoms with Crippen LogP contribution in [0.4, 0.5) is 0 Å². The quantitative estimate of drug-likeness (QED) is 0.828. The Labute approximate surface area is 99.3 Å². The van der Waals surface area contributed by atoms with Gasteiger partial charge in [-0.05, 0) is 29.9 Å². The van der Waals surface area contributed by atoms with Gasteiger partial charge in [0.25, 0.3) is 0 Å². The van der Waals surface area contributed by atoms with E-state index in [2.05, 4.69) is 44.8 Å². The molecule has 1 atom stereocenters. The fraction of sp³-hybridized carbons (Fsp3) is 0.643. The van der Waals surface area contributed by atoms with E-state index in [1.807, 2.05) is 6.20 Å². The van der Waals surface area contributed by atoms with Crippen LogP contribution in [0.15, 0.2) is 18.3 Å². The highest BCUT2D eigenvalue weighted by molar-refractivity contribution is 5.15. The second kappa shape index (κ2) is 5.44. The lowest BCUT2D eigenvalue weighted by atomic mass is 9.80. The van der Waals surface area contributed by atoms with Crippen molar-refractivity contribution in [2.45, 2.75) is 53.0 Å². The number of nitrogens with zero attached hydrogens (tertiary/aromatic N) is 1. The Hall–Kier alpha value is -0.890. The first-order valence-electron chi connectivity index (χ1n) is 6.19. The predicted octanol–water partition coefficient (Wildman–Crippen LogP) is 2.95. The van der Waals surface area contributed by atoms with Crippen molar-refractivity contribution in [3.05, 3.63) is 29.6 Å². The van der Waals surface area contributed by atoms with E-state index >= 15 is 0 Å². The van der Waals surface area contributed by atoms with Crippen LogP contribution in [0.5, 0.6) is 0 Å². The lowest BCUT2D eigenvalue weighted by Crippen LogP contribution is -2.38. The number of hydrogen-bond acceptors (Lipinski definition) is 2. The number of aryl methyl sites for hydroxylation is 1. The first-order valence-corrected chi connectivity index (χ1v) is 6.19. The van der Waals surface area contributed by atoms with Crippen LogP contribution in [0.25, 0.3) is 0 Å². The van der Waals surface area contributed by atoms with E-state index in [1.54, 1.807) is 0 Å². The van der Waals surface area contributed by atoms with E-state index in [-0.39, 0.29) is 11.5 Å². The van der Waals surface area contributed by atoms with Crippen molar-refractivity contribution >= 4 is 0 Å². The SMILES string of the molecule is CCc1ccc(CC(N)C(C)(C)CC)nc1. The molecule has 1 aromatic heterocycles. The van der Waals surface area contributed by atoms with E-state index in [1.165, 1.54) is 5.56 Å². The lowest BCUT2D eigenvalue weighted by molar-refractivity contribution is 0.271. The topological polar surface area (TPSA) is 38.9 Å². The summed E-state index contributed by atoms with van der Waals surface area (Å²) in [7, 11) is 0. The summed E-state index contributed by atoms with van der Waals surface area (Å²) in [5.41, 5.74) is 8.80. The van der Waals surface area contributed by atoms with Gasteiger partial charge >= 0.3 is 0 Å². The number of rotatable bonds is 5. The average Bonchev–Trinajstić information content (AvgIpc) is 2.30. The Morgan fingerprint density at radius 2 is 2.00 bits per heavy atom. The van der Waals surface area contributed by atoms with Gasteiger partial charge in [0.2, 0.25) is 0 Å². The highest BCUT2D eigenvalue weighted by Crippen LogP contribution is 2.25. The van der Waals surface area contributed by atoms with E-state index in [0.29, 0.717) is 0 Å². The van der Waals surface area contributed by atoms with E-state index in [4.69, 9.17) is 5.73 Å². The maximum Gasteiger partial charge on any atom is 0.0419 e. The van der Waals surface area contributed by atoms with Crippen molar-refractivity contribution in [3.63, 3.8) is 0 Å². The van der Waals surface area contributed by atoms with Crippen molar-refractivity contribution in [1.29, 1.82) is 0 Å². The molecule has 0 radical (unpaired) electrons. The van der Waals surface area contributed by atoms with E-state index < -0.39 is 0 Å². The maximum absolute atomic E-state index is 6.22. The second-order valence-electron chi connectivity index (χ2n) is 5.16. The first-order chi connectivity index (χ1) is 7.49. The van der Waals surface area contributed by atoms with Gasteiger partial charge in [-0.2, -0.15) is 0 Å². The summed E-state index contributed by atoms with van der Waals surface area (Å²) in [5.74, 6) is 0. The smallest absolute Gasteiger partial charge is 0.0419 e. The molecule has 1 rings (SSSR count). The van der Waals surface area contributed by atoms with Gasteiger partial charge in [0.05, 0.1) is 0 Å². The molecule has 0 aliphatic rings. The molecule has 0 aromatic carbocycles. The minimum Gasteiger partial charge on any atom is -0.327 e. The molecule has 0 fully saturated rings. The Morgan fingerprint density at radius 1 is 1.31 bits per heavy atom. The van der Waals surface area contributed by atoms with Crippen LogP contribution in [0.3, 0.4) is 0 Å². The Balaban J connectivity index is 2.66. The zero-order chi connectivity index (χ0) is 12.2. The largest absolute Gasteiger partial charge is 0.327 e. The van der Waals surface area contributed by atoms with Crippen LogP contribution >= 0.6 is 0 Å². The first kappa shape index (κ1) is 13.2. The van der Waals surface area contributed by atoms with Gasteiger partial charge in [0.1, 0.15) is 0 Å². The van der Waals surface area contributed by atoms with Gasteiger partial charge in [0, 0.05) is 24.4 Å². The third kappa shape index (κ3) is 3.31. The summed E-state index contributed by atoms with van der Waals surface area (Å²) >= 11 is 0. The standard InChI is InChI=1S/C14H24N2/c1-5-11-7-8-12(16-10-11)9-13(15)14(3,4)6-2/h7-8,10,13H,5-6,9,15H2,1-4H3. The predicted molar refractivity (Wildman–Crippen MR) is 69.4 cm³/mol. The summed E-state index contributed by atoms with van der Waals surface area (Å²) in [6.07, 6.45) is 4.97. The van der Waals surface area contributed by atoms with Crippen LogP contribution < -0.4 is 5.73 Å². The molecule has 16 heavy (non-hydrogen) atoms. The molecule has 0 aliphatic carbocycles. The van der Waals surface area contributed by atoms with Gasteiger partial charge in [-0.1, -0.05) is 33.8 Å². The van der Waals surface area contributed by atoms with Crippen LogP contribution in [0, 0.1) is 5.41 Å². The summed E-state index contributed by atoms with van der Waals surface area (Å²) in [4.78, 5) is 4.46. The zero-order valence-corrected chi connectivity index (χ0v) is 11.0. The third-order valence-corrected chi connectivity index (χ3v) is 3.64. The van der Waals surface area contributed by atoms with Gasteiger partial charge < -0.3 is 5.73 Å². The molecular formula is C14H24N2. The fourth-order valence-electron chi connectivity index (χ4n) is 1.55. The number of hydrogen-bond donors (Lipinski definition) is 1.